The van der Waals surface area contributed by atoms with Gasteiger partial charge < -0.3 is 4.42 Å². The van der Waals surface area contributed by atoms with E-state index in [9.17, 15) is 16.8 Å². The molecule has 5 aromatic rings. The van der Waals surface area contributed by atoms with Crippen molar-refractivity contribution in [2.75, 3.05) is 8.61 Å². The van der Waals surface area contributed by atoms with Gasteiger partial charge in [0.25, 0.3) is 20.0 Å². The molecule has 0 N–H and O–H groups in total. The zero-order valence-corrected chi connectivity index (χ0v) is 22.9. The molecule has 7 nitrogen and oxygen atoms in total. The molecule has 0 amide bonds. The lowest BCUT2D eigenvalue weighted by molar-refractivity contribution is 0.561. The molecule has 0 aliphatic heterocycles. The normalized spacial score (nSPS) is 11.7. The van der Waals surface area contributed by atoms with E-state index in [1.54, 1.807) is 84.9 Å². The molecule has 0 saturated heterocycles. The molecule has 0 spiro atoms. The van der Waals surface area contributed by atoms with Crippen molar-refractivity contribution in [3.63, 3.8) is 0 Å². The van der Waals surface area contributed by atoms with Crippen LogP contribution in [0.5, 0.6) is 0 Å². The minimum Gasteiger partial charge on any atom is -0.422 e. The third-order valence-electron chi connectivity index (χ3n) is 6.08. The van der Waals surface area contributed by atoms with Crippen LogP contribution >= 0.6 is 0 Å². The number of para-hydroxylation sites is 2. The van der Waals surface area contributed by atoms with Crippen molar-refractivity contribution in [1.82, 2.24) is 0 Å². The van der Waals surface area contributed by atoms with Gasteiger partial charge in [-0.3, -0.25) is 0 Å². The lowest BCUT2D eigenvalue weighted by Gasteiger charge is -2.24. The van der Waals surface area contributed by atoms with Crippen LogP contribution in [-0.2, 0) is 20.0 Å². The van der Waals surface area contributed by atoms with Crippen LogP contribution in [0.4, 0.5) is 23.1 Å². The number of rotatable bonds is 8. The molecule has 0 aliphatic carbocycles. The second kappa shape index (κ2) is 10.4. The summed E-state index contributed by atoms with van der Waals surface area (Å²) in [5, 5.41) is 0. The van der Waals surface area contributed by atoms with Crippen LogP contribution in [0.3, 0.4) is 0 Å². The highest BCUT2D eigenvalue weighted by Gasteiger charge is 2.33. The fourth-order valence-electron chi connectivity index (χ4n) is 4.06. The molecule has 0 atom stereocenters. The molecular weight excluding hydrogens is 532 g/mol. The topological polar surface area (TPSA) is 87.9 Å². The van der Waals surface area contributed by atoms with Crippen LogP contribution in [0.2, 0.25) is 0 Å². The first kappa shape index (κ1) is 26.3. The summed E-state index contributed by atoms with van der Waals surface area (Å²) in [4.78, 5) is 0.143. The van der Waals surface area contributed by atoms with Gasteiger partial charge in [-0.15, -0.1) is 0 Å². The van der Waals surface area contributed by atoms with E-state index >= 15 is 0 Å². The minimum atomic E-state index is -4.12. The Hall–Kier alpha value is -4.34. The highest BCUT2D eigenvalue weighted by Crippen LogP contribution is 2.39. The molecule has 0 aliphatic rings. The highest BCUT2D eigenvalue weighted by atomic mass is 32.2. The SMILES string of the molecule is Cc1ccc(S(=O)(=O)N(c2ccccc2)c2ccc(N(c3ccccc3)S(=O)(=O)c3ccc(C)cc3)o2)cc1. The molecule has 0 saturated carbocycles. The second-order valence-corrected chi connectivity index (χ2v) is 12.5. The molecule has 0 fully saturated rings. The van der Waals surface area contributed by atoms with Crippen LogP contribution in [0.1, 0.15) is 11.1 Å². The van der Waals surface area contributed by atoms with Crippen LogP contribution in [0.25, 0.3) is 0 Å². The number of anilines is 4. The van der Waals surface area contributed by atoms with E-state index in [1.165, 1.54) is 36.4 Å². The maximum absolute atomic E-state index is 13.9. The summed E-state index contributed by atoms with van der Waals surface area (Å²) in [5.41, 5.74) is 2.51. The van der Waals surface area contributed by atoms with Crippen LogP contribution in [0, 0.1) is 13.8 Å². The van der Waals surface area contributed by atoms with Crippen molar-refractivity contribution in [1.29, 1.82) is 0 Å². The van der Waals surface area contributed by atoms with Crippen molar-refractivity contribution >= 4 is 43.2 Å². The molecule has 9 heteroatoms. The van der Waals surface area contributed by atoms with E-state index in [1.807, 2.05) is 13.8 Å². The Morgan fingerprint density at radius 1 is 0.462 bits per heavy atom. The first-order valence-corrected chi connectivity index (χ1v) is 15.0. The zero-order chi connectivity index (χ0) is 27.6. The maximum atomic E-state index is 13.9. The summed E-state index contributed by atoms with van der Waals surface area (Å²) >= 11 is 0. The molecule has 39 heavy (non-hydrogen) atoms. The molecule has 198 valence electrons. The standard InChI is InChI=1S/C30H26N2O5S2/c1-23-13-17-27(18-14-23)38(33,34)31(25-9-5-3-6-10-25)29-21-22-30(37-29)32(26-11-7-4-8-12-26)39(35,36)28-19-15-24(2)16-20-28/h3-22H,1-2H3. The number of furan rings is 1. The number of hydrogen-bond donors (Lipinski definition) is 0. The first-order chi connectivity index (χ1) is 18.7. The van der Waals surface area contributed by atoms with Crippen molar-refractivity contribution in [3.05, 3.63) is 132 Å². The van der Waals surface area contributed by atoms with Crippen molar-refractivity contribution in [2.24, 2.45) is 0 Å². The van der Waals surface area contributed by atoms with Crippen LogP contribution in [0.15, 0.2) is 136 Å². The van der Waals surface area contributed by atoms with Gasteiger partial charge in [-0.05, 0) is 62.4 Å². The molecule has 0 bridgehead atoms. The van der Waals surface area contributed by atoms with Crippen molar-refractivity contribution < 1.29 is 21.3 Å². The summed E-state index contributed by atoms with van der Waals surface area (Å²) in [6, 6.07) is 32.9. The smallest absolute Gasteiger partial charge is 0.271 e. The van der Waals surface area contributed by atoms with Crippen molar-refractivity contribution in [3.8, 4) is 0 Å². The van der Waals surface area contributed by atoms with E-state index in [2.05, 4.69) is 0 Å². The number of nitrogens with zero attached hydrogens (tertiary/aromatic N) is 2. The molecule has 0 unspecified atom stereocenters. The zero-order valence-electron chi connectivity index (χ0n) is 21.3. The predicted molar refractivity (Wildman–Crippen MR) is 153 cm³/mol. The quantitative estimate of drug-likeness (QED) is 0.206. The van der Waals surface area contributed by atoms with E-state index in [-0.39, 0.29) is 21.6 Å². The Morgan fingerprint density at radius 2 is 0.795 bits per heavy atom. The largest absolute Gasteiger partial charge is 0.422 e. The Balaban J connectivity index is 1.66. The molecule has 4 aromatic carbocycles. The lowest BCUT2D eigenvalue weighted by atomic mass is 10.2. The number of sulfonamides is 2. The molecule has 0 radical (unpaired) electrons. The third kappa shape index (κ3) is 5.19. The van der Waals surface area contributed by atoms with Gasteiger partial charge in [-0.25, -0.2) is 25.4 Å². The van der Waals surface area contributed by atoms with Crippen molar-refractivity contribution in [2.45, 2.75) is 23.6 Å². The van der Waals surface area contributed by atoms with E-state index in [4.69, 9.17) is 4.42 Å². The van der Waals surface area contributed by atoms with Gasteiger partial charge in [0, 0.05) is 12.1 Å². The number of aryl methyl sites for hydroxylation is 2. The third-order valence-corrected chi connectivity index (χ3v) is 9.56. The number of benzene rings is 4. The fourth-order valence-corrected chi connectivity index (χ4v) is 6.91. The average molecular weight is 559 g/mol. The number of hydrogen-bond acceptors (Lipinski definition) is 5. The lowest BCUT2D eigenvalue weighted by Crippen LogP contribution is -2.27. The van der Waals surface area contributed by atoms with Gasteiger partial charge in [0.05, 0.1) is 21.2 Å². The molecular formula is C30H26N2O5S2. The Kier molecular flexibility index (Phi) is 7.03. The van der Waals surface area contributed by atoms with Gasteiger partial charge in [-0.1, -0.05) is 71.8 Å². The summed E-state index contributed by atoms with van der Waals surface area (Å²) in [6.45, 7) is 3.74. The molecule has 5 rings (SSSR count). The van der Waals surface area contributed by atoms with Gasteiger partial charge in [-0.2, -0.15) is 0 Å². The summed E-state index contributed by atoms with van der Waals surface area (Å²) in [5.74, 6) is -0.117. The summed E-state index contributed by atoms with van der Waals surface area (Å²) < 4.78 is 63.7. The average Bonchev–Trinajstić information content (AvgIpc) is 3.38. The van der Waals surface area contributed by atoms with E-state index in [0.717, 1.165) is 19.7 Å². The summed E-state index contributed by atoms with van der Waals surface area (Å²) in [7, 11) is -8.24. The van der Waals surface area contributed by atoms with Crippen LogP contribution < -0.4 is 8.61 Å². The Morgan fingerprint density at radius 3 is 1.13 bits per heavy atom. The monoisotopic (exact) mass is 558 g/mol. The van der Waals surface area contributed by atoms with Gasteiger partial charge in [0.1, 0.15) is 0 Å². The Labute approximate surface area is 228 Å². The van der Waals surface area contributed by atoms with Gasteiger partial charge in [0.15, 0.2) is 0 Å². The fraction of sp³-hybridized carbons (Fsp3) is 0.0667. The van der Waals surface area contributed by atoms with Gasteiger partial charge in [0.2, 0.25) is 11.8 Å². The highest BCUT2D eigenvalue weighted by molar-refractivity contribution is 7.93. The predicted octanol–water partition coefficient (Wildman–Crippen LogP) is 6.95. The minimum absolute atomic E-state index is 0.0585. The second-order valence-electron chi connectivity index (χ2n) is 8.95. The molecule has 1 aromatic heterocycles. The van der Waals surface area contributed by atoms with E-state index < -0.39 is 20.0 Å². The summed E-state index contributed by atoms with van der Waals surface area (Å²) in [6.07, 6.45) is 0. The van der Waals surface area contributed by atoms with Crippen LogP contribution in [-0.4, -0.2) is 16.8 Å². The van der Waals surface area contributed by atoms with E-state index in [0.29, 0.717) is 11.4 Å². The molecule has 1 heterocycles. The van der Waals surface area contributed by atoms with Gasteiger partial charge >= 0.3 is 0 Å². The Bertz CT molecular complexity index is 1650. The first-order valence-electron chi connectivity index (χ1n) is 12.1. The maximum Gasteiger partial charge on any atom is 0.271 e.